The highest BCUT2D eigenvalue weighted by atomic mass is 16.5. The fourth-order valence-corrected chi connectivity index (χ4v) is 5.32. The van der Waals surface area contributed by atoms with Crippen LogP contribution in [-0.2, 0) is 6.42 Å². The molecule has 0 radical (unpaired) electrons. The second-order valence-electron chi connectivity index (χ2n) is 8.76. The zero-order valence-corrected chi connectivity index (χ0v) is 17.5. The molecular weight excluding hydrogens is 394 g/mol. The first-order valence-electron chi connectivity index (χ1n) is 10.7. The van der Waals surface area contributed by atoms with E-state index in [1.165, 1.54) is 4.80 Å². The number of aromatic nitrogens is 6. The van der Waals surface area contributed by atoms with Gasteiger partial charge in [-0.3, -0.25) is 4.79 Å². The van der Waals surface area contributed by atoms with Crippen molar-refractivity contribution in [2.45, 2.75) is 45.3 Å². The number of aryl methyl sites for hydroxylation is 2. The van der Waals surface area contributed by atoms with Crippen molar-refractivity contribution in [3.8, 4) is 11.7 Å². The summed E-state index contributed by atoms with van der Waals surface area (Å²) in [5.41, 5.74) is 3.01. The van der Waals surface area contributed by atoms with Crippen molar-refractivity contribution >= 4 is 5.91 Å². The highest BCUT2D eigenvalue weighted by molar-refractivity contribution is 5.96. The molecule has 3 aromatic rings. The summed E-state index contributed by atoms with van der Waals surface area (Å²) in [5.74, 6) is 0.448. The van der Waals surface area contributed by atoms with Gasteiger partial charge in [0, 0.05) is 30.0 Å². The molecular formula is C22H23N7O2. The number of hydrogen-bond acceptors (Lipinski definition) is 7. The number of piperidine rings is 1. The lowest BCUT2D eigenvalue weighted by molar-refractivity contribution is -0.0369. The molecule has 9 nitrogen and oxygen atoms in total. The maximum atomic E-state index is 13.7. The Labute approximate surface area is 179 Å². The van der Waals surface area contributed by atoms with E-state index in [-0.39, 0.29) is 23.5 Å². The Hall–Kier alpha value is -3.36. The van der Waals surface area contributed by atoms with E-state index < -0.39 is 0 Å². The van der Waals surface area contributed by atoms with Gasteiger partial charge in [-0.2, -0.15) is 10.2 Å². The van der Waals surface area contributed by atoms with Crippen LogP contribution in [0.15, 0.2) is 36.9 Å². The van der Waals surface area contributed by atoms with Gasteiger partial charge >= 0.3 is 6.01 Å². The fraction of sp³-hybridized carbons (Fsp3) is 0.455. The van der Waals surface area contributed by atoms with E-state index in [1.54, 1.807) is 24.8 Å². The summed E-state index contributed by atoms with van der Waals surface area (Å²) in [5, 5.41) is 8.39. The summed E-state index contributed by atoms with van der Waals surface area (Å²) in [6, 6.07) is 4.12. The summed E-state index contributed by atoms with van der Waals surface area (Å²) < 4.78 is 6.13. The number of amides is 1. The number of pyridine rings is 1. The van der Waals surface area contributed by atoms with Crippen LogP contribution < -0.4 is 4.74 Å². The third kappa shape index (κ3) is 2.75. The van der Waals surface area contributed by atoms with E-state index in [9.17, 15) is 4.79 Å². The van der Waals surface area contributed by atoms with Gasteiger partial charge in [-0.25, -0.2) is 15.0 Å². The van der Waals surface area contributed by atoms with Gasteiger partial charge in [0.2, 0.25) is 0 Å². The van der Waals surface area contributed by atoms with Crippen molar-refractivity contribution in [3.05, 3.63) is 53.9 Å². The number of hydrogen-bond donors (Lipinski definition) is 0. The fourth-order valence-electron chi connectivity index (χ4n) is 5.32. The summed E-state index contributed by atoms with van der Waals surface area (Å²) >= 11 is 0. The molecule has 4 unspecified atom stereocenters. The maximum absolute atomic E-state index is 13.7. The quantitative estimate of drug-likeness (QED) is 0.626. The van der Waals surface area contributed by atoms with Crippen molar-refractivity contribution in [3.63, 3.8) is 0 Å². The SMILES string of the molecule is CCc1cnc(OC2CC34CC3CN(C(=O)c3nc(C)ccc3-n3nccn3)C24)nc1. The van der Waals surface area contributed by atoms with E-state index in [4.69, 9.17) is 4.74 Å². The van der Waals surface area contributed by atoms with Gasteiger partial charge in [0.05, 0.1) is 18.4 Å². The molecule has 3 aromatic heterocycles. The number of ether oxygens (including phenoxy) is 1. The molecule has 4 atom stereocenters. The summed E-state index contributed by atoms with van der Waals surface area (Å²) in [7, 11) is 0. The van der Waals surface area contributed by atoms with Crippen LogP contribution in [0.25, 0.3) is 5.69 Å². The second kappa shape index (κ2) is 6.57. The average Bonchev–Trinajstić information content (AvgIpc) is 3.14. The van der Waals surface area contributed by atoms with Crippen LogP contribution in [-0.4, -0.2) is 59.4 Å². The average molecular weight is 417 g/mol. The zero-order valence-electron chi connectivity index (χ0n) is 17.5. The molecule has 1 saturated heterocycles. The Morgan fingerprint density at radius 1 is 1.19 bits per heavy atom. The van der Waals surface area contributed by atoms with Crippen LogP contribution >= 0.6 is 0 Å². The predicted octanol–water partition coefficient (Wildman–Crippen LogP) is 2.01. The van der Waals surface area contributed by atoms with Gasteiger partial charge < -0.3 is 9.64 Å². The Morgan fingerprint density at radius 2 is 1.97 bits per heavy atom. The highest BCUT2D eigenvalue weighted by Crippen LogP contribution is 2.71. The summed E-state index contributed by atoms with van der Waals surface area (Å²) in [6.07, 6.45) is 9.67. The lowest BCUT2D eigenvalue weighted by atomic mass is 9.73. The molecule has 2 saturated carbocycles. The van der Waals surface area contributed by atoms with Gasteiger partial charge in [0.25, 0.3) is 5.91 Å². The Bertz CT molecular complexity index is 1150. The van der Waals surface area contributed by atoms with Crippen molar-refractivity contribution in [1.29, 1.82) is 0 Å². The van der Waals surface area contributed by atoms with Gasteiger partial charge in [0.15, 0.2) is 5.69 Å². The molecule has 1 aliphatic heterocycles. The normalized spacial score (nSPS) is 27.9. The molecule has 31 heavy (non-hydrogen) atoms. The van der Waals surface area contributed by atoms with Crippen molar-refractivity contribution in [1.82, 2.24) is 34.8 Å². The molecule has 9 heteroatoms. The smallest absolute Gasteiger partial charge is 0.316 e. The lowest BCUT2D eigenvalue weighted by Gasteiger charge is -2.46. The molecule has 3 fully saturated rings. The van der Waals surface area contributed by atoms with Crippen LogP contribution in [0.2, 0.25) is 0 Å². The first kappa shape index (κ1) is 18.4. The van der Waals surface area contributed by atoms with Gasteiger partial charge in [-0.05, 0) is 49.8 Å². The molecule has 0 aromatic carbocycles. The van der Waals surface area contributed by atoms with Gasteiger partial charge in [-0.1, -0.05) is 6.92 Å². The number of nitrogens with zero attached hydrogens (tertiary/aromatic N) is 7. The minimum atomic E-state index is -0.0972. The van der Waals surface area contributed by atoms with Crippen LogP contribution in [0.1, 0.15) is 41.5 Å². The topological polar surface area (TPSA) is 98.9 Å². The highest BCUT2D eigenvalue weighted by Gasteiger charge is 2.76. The molecule has 1 spiro atoms. The Kier molecular flexibility index (Phi) is 3.90. The summed E-state index contributed by atoms with van der Waals surface area (Å²) in [6.45, 7) is 4.68. The van der Waals surface area contributed by atoms with E-state index in [1.807, 2.05) is 24.0 Å². The third-order valence-electron chi connectivity index (χ3n) is 7.01. The monoisotopic (exact) mass is 417 g/mol. The number of carbonyl (C=O) groups excluding carboxylic acids is 1. The van der Waals surface area contributed by atoms with Crippen LogP contribution in [0.3, 0.4) is 0 Å². The minimum Gasteiger partial charge on any atom is -0.458 e. The van der Waals surface area contributed by atoms with Crippen LogP contribution in [0.5, 0.6) is 6.01 Å². The second-order valence-corrected chi connectivity index (χ2v) is 8.76. The number of carbonyl (C=O) groups is 1. The molecule has 158 valence electrons. The van der Waals surface area contributed by atoms with Crippen LogP contribution in [0.4, 0.5) is 0 Å². The predicted molar refractivity (Wildman–Crippen MR) is 110 cm³/mol. The molecule has 3 aliphatic rings. The first-order chi connectivity index (χ1) is 15.1. The molecule has 0 bridgehead atoms. The Morgan fingerprint density at radius 3 is 2.71 bits per heavy atom. The van der Waals surface area contributed by atoms with E-state index >= 15 is 0 Å². The van der Waals surface area contributed by atoms with Crippen molar-refractivity contribution < 1.29 is 9.53 Å². The molecule has 0 N–H and O–H groups in total. The standard InChI is InChI=1S/C22H23N7O2/c1-3-14-10-23-21(24-11-14)31-17-9-22-8-15(22)12-28(19(17)22)20(30)18-16(5-4-13(2)27-18)29-25-6-7-26-29/h4-7,10-11,15,17,19H,3,8-9,12H2,1-2H3. The summed E-state index contributed by atoms with van der Waals surface area (Å²) in [4.78, 5) is 30.3. The van der Waals surface area contributed by atoms with Crippen LogP contribution in [0, 0.1) is 18.3 Å². The lowest BCUT2D eigenvalue weighted by Crippen LogP contribution is -2.59. The van der Waals surface area contributed by atoms with Crippen molar-refractivity contribution in [2.24, 2.45) is 11.3 Å². The maximum Gasteiger partial charge on any atom is 0.316 e. The molecule has 4 heterocycles. The molecule has 2 aliphatic carbocycles. The molecule has 6 rings (SSSR count). The van der Waals surface area contributed by atoms with E-state index in [0.29, 0.717) is 23.3 Å². The Balaban J connectivity index is 1.28. The third-order valence-corrected chi connectivity index (χ3v) is 7.01. The first-order valence-corrected chi connectivity index (χ1v) is 10.7. The van der Waals surface area contributed by atoms with Gasteiger partial charge in [-0.15, -0.1) is 4.80 Å². The largest absolute Gasteiger partial charge is 0.458 e. The van der Waals surface area contributed by atoms with Gasteiger partial charge in [0.1, 0.15) is 11.8 Å². The van der Waals surface area contributed by atoms with E-state index in [0.717, 1.165) is 37.1 Å². The zero-order chi connectivity index (χ0) is 21.2. The molecule has 1 amide bonds. The number of rotatable bonds is 5. The minimum absolute atomic E-state index is 0.0280. The van der Waals surface area contributed by atoms with Crippen molar-refractivity contribution in [2.75, 3.05) is 6.54 Å². The number of likely N-dealkylation sites (tertiary alicyclic amines) is 1. The van der Waals surface area contributed by atoms with E-state index in [2.05, 4.69) is 32.1 Å².